The van der Waals surface area contributed by atoms with Gasteiger partial charge in [0.05, 0.1) is 22.0 Å². The number of hydrogen-bond acceptors (Lipinski definition) is 5. The maximum absolute atomic E-state index is 12.4. The van der Waals surface area contributed by atoms with Gasteiger partial charge in [-0.05, 0) is 52.3 Å². The number of nitrogens with zero attached hydrogens (tertiary/aromatic N) is 1. The van der Waals surface area contributed by atoms with Crippen LogP contribution in [-0.2, 0) is 26.8 Å². The van der Waals surface area contributed by atoms with Gasteiger partial charge in [-0.3, -0.25) is 9.78 Å². The third-order valence-corrected chi connectivity index (χ3v) is 6.85. The standard InChI is InChI=1S/C22H25N3O3S2/c1-22(2,3)17-6-8-18(9-7-17)30(27,28)25-15-21(26)24-14-16-10-11-23-19(13-16)20-5-4-12-29-20/h4-13,25H,14-15H2,1-3H3,(H,24,26). The van der Waals surface area contributed by atoms with E-state index in [1.54, 1.807) is 41.8 Å². The lowest BCUT2D eigenvalue weighted by molar-refractivity contribution is -0.120. The van der Waals surface area contributed by atoms with E-state index in [0.717, 1.165) is 21.7 Å². The molecule has 0 aliphatic carbocycles. The maximum atomic E-state index is 12.4. The Balaban J connectivity index is 1.55. The van der Waals surface area contributed by atoms with Crippen molar-refractivity contribution < 1.29 is 13.2 Å². The SMILES string of the molecule is CC(C)(C)c1ccc(S(=O)(=O)NCC(=O)NCc2ccnc(-c3cccs3)c2)cc1. The first-order valence-electron chi connectivity index (χ1n) is 9.51. The zero-order valence-electron chi connectivity index (χ0n) is 17.2. The first-order valence-corrected chi connectivity index (χ1v) is 11.9. The van der Waals surface area contributed by atoms with Crippen LogP contribution in [0.1, 0.15) is 31.9 Å². The summed E-state index contributed by atoms with van der Waals surface area (Å²) in [4.78, 5) is 17.7. The van der Waals surface area contributed by atoms with Crippen LogP contribution in [0, 0.1) is 0 Å². The van der Waals surface area contributed by atoms with Gasteiger partial charge in [0, 0.05) is 12.7 Å². The van der Waals surface area contributed by atoms with E-state index in [0.29, 0.717) is 6.54 Å². The smallest absolute Gasteiger partial charge is 0.241 e. The molecule has 3 aromatic rings. The number of hydrogen-bond donors (Lipinski definition) is 2. The van der Waals surface area contributed by atoms with Crippen LogP contribution < -0.4 is 10.0 Å². The minimum absolute atomic E-state index is 0.0636. The molecular weight excluding hydrogens is 418 g/mol. The summed E-state index contributed by atoms with van der Waals surface area (Å²) in [6, 6.07) is 14.4. The highest BCUT2D eigenvalue weighted by Gasteiger charge is 2.18. The van der Waals surface area contributed by atoms with E-state index in [9.17, 15) is 13.2 Å². The number of carbonyl (C=O) groups excluding carboxylic acids is 1. The molecule has 0 spiro atoms. The summed E-state index contributed by atoms with van der Waals surface area (Å²) in [5, 5.41) is 4.71. The fraction of sp³-hybridized carbons (Fsp3) is 0.273. The van der Waals surface area contributed by atoms with Crippen LogP contribution in [0.2, 0.25) is 0 Å². The average Bonchev–Trinajstić information content (AvgIpc) is 3.25. The second-order valence-electron chi connectivity index (χ2n) is 7.90. The van der Waals surface area contributed by atoms with E-state index in [1.807, 2.05) is 29.6 Å². The fourth-order valence-electron chi connectivity index (χ4n) is 2.78. The van der Waals surface area contributed by atoms with Gasteiger partial charge >= 0.3 is 0 Å². The monoisotopic (exact) mass is 443 g/mol. The van der Waals surface area contributed by atoms with Gasteiger partial charge in [0.25, 0.3) is 0 Å². The molecule has 0 saturated carbocycles. The number of amides is 1. The molecule has 0 bridgehead atoms. The lowest BCUT2D eigenvalue weighted by atomic mass is 9.87. The molecule has 0 aliphatic heterocycles. The highest BCUT2D eigenvalue weighted by Crippen LogP contribution is 2.24. The number of pyridine rings is 1. The van der Waals surface area contributed by atoms with E-state index in [-0.39, 0.29) is 16.9 Å². The Morgan fingerprint density at radius 1 is 1.10 bits per heavy atom. The molecule has 2 heterocycles. The van der Waals surface area contributed by atoms with Crippen LogP contribution in [0.25, 0.3) is 10.6 Å². The molecule has 6 nitrogen and oxygen atoms in total. The number of carbonyl (C=O) groups is 1. The first kappa shape index (κ1) is 22.1. The Morgan fingerprint density at radius 3 is 2.47 bits per heavy atom. The van der Waals surface area contributed by atoms with Crippen LogP contribution in [0.15, 0.2) is 65.0 Å². The van der Waals surface area contributed by atoms with Crippen molar-refractivity contribution in [3.8, 4) is 10.6 Å². The molecule has 2 aromatic heterocycles. The van der Waals surface area contributed by atoms with Crippen molar-refractivity contribution in [2.24, 2.45) is 0 Å². The minimum Gasteiger partial charge on any atom is -0.351 e. The van der Waals surface area contributed by atoms with Crippen molar-refractivity contribution in [3.63, 3.8) is 0 Å². The van der Waals surface area contributed by atoms with E-state index in [2.05, 4.69) is 35.8 Å². The van der Waals surface area contributed by atoms with Crippen molar-refractivity contribution in [2.75, 3.05) is 6.54 Å². The maximum Gasteiger partial charge on any atom is 0.241 e. The summed E-state index contributed by atoms with van der Waals surface area (Å²) < 4.78 is 27.3. The predicted octanol–water partition coefficient (Wildman–Crippen LogP) is 3.70. The zero-order valence-corrected chi connectivity index (χ0v) is 18.8. The van der Waals surface area contributed by atoms with Gasteiger partial charge in [0.2, 0.25) is 15.9 Å². The van der Waals surface area contributed by atoms with Crippen LogP contribution in [0.5, 0.6) is 0 Å². The van der Waals surface area contributed by atoms with E-state index >= 15 is 0 Å². The van der Waals surface area contributed by atoms with Crippen molar-refractivity contribution in [1.29, 1.82) is 0 Å². The van der Waals surface area contributed by atoms with Crippen LogP contribution in [-0.4, -0.2) is 25.9 Å². The molecule has 30 heavy (non-hydrogen) atoms. The quantitative estimate of drug-likeness (QED) is 0.583. The van der Waals surface area contributed by atoms with Crippen molar-refractivity contribution in [2.45, 2.75) is 37.6 Å². The molecule has 1 aromatic carbocycles. The molecule has 3 rings (SSSR count). The van der Waals surface area contributed by atoms with E-state index in [1.165, 1.54) is 0 Å². The number of benzene rings is 1. The van der Waals surface area contributed by atoms with Gasteiger partial charge in [-0.25, -0.2) is 13.1 Å². The number of aromatic nitrogens is 1. The normalized spacial score (nSPS) is 12.0. The summed E-state index contributed by atoms with van der Waals surface area (Å²) >= 11 is 1.59. The van der Waals surface area contributed by atoms with Gasteiger partial charge in [-0.15, -0.1) is 11.3 Å². The highest BCUT2D eigenvalue weighted by molar-refractivity contribution is 7.89. The molecule has 0 fully saturated rings. The zero-order chi connectivity index (χ0) is 21.8. The molecular formula is C22H25N3O3S2. The summed E-state index contributed by atoms with van der Waals surface area (Å²) in [5.41, 5.74) is 2.71. The molecule has 2 N–H and O–H groups in total. The molecule has 8 heteroatoms. The molecule has 1 amide bonds. The summed E-state index contributed by atoms with van der Waals surface area (Å²) in [7, 11) is -3.76. The van der Waals surface area contributed by atoms with Gasteiger partial charge < -0.3 is 5.32 Å². The van der Waals surface area contributed by atoms with Crippen molar-refractivity contribution in [1.82, 2.24) is 15.0 Å². The molecule has 0 aliphatic rings. The summed E-state index contributed by atoms with van der Waals surface area (Å²) in [6.45, 7) is 6.15. The predicted molar refractivity (Wildman–Crippen MR) is 120 cm³/mol. The Morgan fingerprint density at radius 2 is 1.83 bits per heavy atom. The van der Waals surface area contributed by atoms with Crippen LogP contribution in [0.3, 0.4) is 0 Å². The second-order valence-corrected chi connectivity index (χ2v) is 10.6. The highest BCUT2D eigenvalue weighted by atomic mass is 32.2. The fourth-order valence-corrected chi connectivity index (χ4v) is 4.46. The van der Waals surface area contributed by atoms with Gasteiger partial charge in [0.1, 0.15) is 0 Å². The molecule has 0 unspecified atom stereocenters. The van der Waals surface area contributed by atoms with Crippen molar-refractivity contribution >= 4 is 27.3 Å². The molecule has 158 valence electrons. The number of thiophene rings is 1. The summed E-state index contributed by atoms with van der Waals surface area (Å²) in [5.74, 6) is -0.403. The Labute approximate surface area is 181 Å². The largest absolute Gasteiger partial charge is 0.351 e. The van der Waals surface area contributed by atoms with Crippen LogP contribution in [0.4, 0.5) is 0 Å². The lowest BCUT2D eigenvalue weighted by Crippen LogP contribution is -2.36. The third-order valence-electron chi connectivity index (χ3n) is 4.54. The molecule has 0 saturated heterocycles. The Hall–Kier alpha value is -2.55. The number of sulfonamides is 1. The average molecular weight is 444 g/mol. The topological polar surface area (TPSA) is 88.2 Å². The van der Waals surface area contributed by atoms with E-state index in [4.69, 9.17) is 0 Å². The number of nitrogens with one attached hydrogen (secondary N) is 2. The van der Waals surface area contributed by atoms with Crippen molar-refractivity contribution in [3.05, 3.63) is 71.2 Å². The second kappa shape index (κ2) is 9.07. The van der Waals surface area contributed by atoms with Gasteiger partial charge in [-0.2, -0.15) is 0 Å². The third kappa shape index (κ3) is 5.75. The molecule has 0 atom stereocenters. The van der Waals surface area contributed by atoms with Gasteiger partial charge in [-0.1, -0.05) is 39.0 Å². The molecule has 0 radical (unpaired) electrons. The Kier molecular flexibility index (Phi) is 6.70. The minimum atomic E-state index is -3.76. The Bertz CT molecular complexity index is 1100. The lowest BCUT2D eigenvalue weighted by Gasteiger charge is -2.19. The number of rotatable bonds is 7. The van der Waals surface area contributed by atoms with Gasteiger partial charge in [0.15, 0.2) is 0 Å². The first-order chi connectivity index (χ1) is 14.1. The van der Waals surface area contributed by atoms with Crippen LogP contribution >= 0.6 is 11.3 Å². The van der Waals surface area contributed by atoms with E-state index < -0.39 is 15.9 Å². The summed E-state index contributed by atoms with van der Waals surface area (Å²) in [6.07, 6.45) is 1.69.